The predicted molar refractivity (Wildman–Crippen MR) is 111 cm³/mol. The fraction of sp³-hybridized carbons (Fsp3) is 0.333. The topological polar surface area (TPSA) is 67.9 Å². The molecule has 166 valence electrons. The minimum atomic E-state index is -4.38. The summed E-state index contributed by atoms with van der Waals surface area (Å²) in [6.45, 7) is -1.54. The number of hydrogen-bond acceptors (Lipinski definition) is 5. The Morgan fingerprint density at radius 2 is 1.81 bits per heavy atom. The van der Waals surface area contributed by atoms with Gasteiger partial charge in [-0.2, -0.15) is 13.2 Å². The highest BCUT2D eigenvalue weighted by atomic mass is 32.2. The largest absolute Gasteiger partial charge is 0.497 e. The van der Waals surface area contributed by atoms with E-state index >= 15 is 0 Å². The van der Waals surface area contributed by atoms with E-state index in [9.17, 15) is 22.8 Å². The number of rotatable bonds is 7. The molecule has 1 saturated heterocycles. The van der Waals surface area contributed by atoms with Gasteiger partial charge in [0.25, 0.3) is 5.91 Å². The Labute approximate surface area is 181 Å². The van der Waals surface area contributed by atoms with E-state index in [1.807, 2.05) is 0 Å². The van der Waals surface area contributed by atoms with Crippen LogP contribution in [0.5, 0.6) is 5.75 Å². The van der Waals surface area contributed by atoms with Crippen molar-refractivity contribution in [2.24, 2.45) is 0 Å². The van der Waals surface area contributed by atoms with Crippen LogP contribution >= 0.6 is 11.8 Å². The zero-order valence-corrected chi connectivity index (χ0v) is 17.5. The average molecular weight is 454 g/mol. The Bertz CT molecular complexity index is 904. The Hall–Kier alpha value is -2.72. The average Bonchev–Trinajstić information content (AvgIpc) is 3.23. The molecule has 0 saturated carbocycles. The first kappa shape index (κ1) is 23.0. The van der Waals surface area contributed by atoms with Crippen molar-refractivity contribution >= 4 is 29.3 Å². The van der Waals surface area contributed by atoms with Gasteiger partial charge in [-0.25, -0.2) is 0 Å². The Balaban J connectivity index is 1.60. The van der Waals surface area contributed by atoms with Gasteiger partial charge in [-0.15, -0.1) is 11.8 Å². The molecule has 1 heterocycles. The van der Waals surface area contributed by atoms with Gasteiger partial charge in [0.2, 0.25) is 5.91 Å². The Morgan fingerprint density at radius 3 is 2.42 bits per heavy atom. The first-order valence-electron chi connectivity index (χ1n) is 9.34. The van der Waals surface area contributed by atoms with Crippen LogP contribution in [0, 0.1) is 0 Å². The number of methoxy groups -OCH3 is 1. The van der Waals surface area contributed by atoms with Crippen molar-refractivity contribution < 1.29 is 32.2 Å². The highest BCUT2D eigenvalue weighted by Crippen LogP contribution is 2.25. The standard InChI is InChI=1S/C21H21F3N2O4S/c1-29-17-8-6-16(7-9-17)25-19(27)18-11-31-13-26(18)20(28)15-4-2-14(3-5-15)10-30-12-21(22,23)24/h2-9,18H,10-13H2,1H3,(H,25,27). The van der Waals surface area contributed by atoms with Gasteiger partial charge in [-0.3, -0.25) is 9.59 Å². The molecular weight excluding hydrogens is 433 g/mol. The van der Waals surface area contributed by atoms with Gasteiger partial charge < -0.3 is 19.7 Å². The molecule has 1 aliphatic rings. The number of nitrogens with zero attached hydrogens (tertiary/aromatic N) is 1. The summed E-state index contributed by atoms with van der Waals surface area (Å²) in [4.78, 5) is 27.1. The quantitative estimate of drug-likeness (QED) is 0.687. The molecule has 3 rings (SSSR count). The molecule has 1 fully saturated rings. The van der Waals surface area contributed by atoms with Crippen LogP contribution in [-0.2, 0) is 16.1 Å². The van der Waals surface area contributed by atoms with E-state index in [1.165, 1.54) is 28.8 Å². The van der Waals surface area contributed by atoms with Gasteiger partial charge in [-0.05, 0) is 42.0 Å². The zero-order chi connectivity index (χ0) is 22.4. The molecule has 2 aromatic rings. The zero-order valence-electron chi connectivity index (χ0n) is 16.6. The van der Waals surface area contributed by atoms with E-state index in [4.69, 9.17) is 4.74 Å². The van der Waals surface area contributed by atoms with Gasteiger partial charge in [0.05, 0.1) is 19.6 Å². The summed E-state index contributed by atoms with van der Waals surface area (Å²) in [5.74, 6) is 0.898. The fourth-order valence-corrected chi connectivity index (χ4v) is 4.11. The number of carbonyl (C=O) groups excluding carboxylic acids is 2. The molecule has 0 aromatic heterocycles. The maximum absolute atomic E-state index is 12.9. The number of hydrogen-bond donors (Lipinski definition) is 1. The third-order valence-corrected chi connectivity index (χ3v) is 5.55. The summed E-state index contributed by atoms with van der Waals surface area (Å²) in [6.07, 6.45) is -4.38. The number of ether oxygens (including phenoxy) is 2. The maximum atomic E-state index is 12.9. The number of carbonyl (C=O) groups is 2. The van der Waals surface area contributed by atoms with E-state index in [1.54, 1.807) is 43.5 Å². The molecule has 1 N–H and O–H groups in total. The summed E-state index contributed by atoms with van der Waals surface area (Å²) in [6, 6.07) is 12.4. The monoisotopic (exact) mass is 454 g/mol. The van der Waals surface area contributed by atoms with Crippen molar-refractivity contribution in [3.63, 3.8) is 0 Å². The van der Waals surface area contributed by atoms with Crippen LogP contribution in [0.2, 0.25) is 0 Å². The molecule has 1 atom stereocenters. The van der Waals surface area contributed by atoms with E-state index in [2.05, 4.69) is 10.1 Å². The summed E-state index contributed by atoms with van der Waals surface area (Å²) < 4.78 is 46.2. The summed E-state index contributed by atoms with van der Waals surface area (Å²) >= 11 is 1.47. The van der Waals surface area contributed by atoms with Crippen molar-refractivity contribution in [2.45, 2.75) is 18.8 Å². The van der Waals surface area contributed by atoms with Crippen LogP contribution in [0.1, 0.15) is 15.9 Å². The summed E-state index contributed by atoms with van der Waals surface area (Å²) in [5, 5.41) is 2.81. The maximum Gasteiger partial charge on any atom is 0.411 e. The molecule has 6 nitrogen and oxygen atoms in total. The minimum Gasteiger partial charge on any atom is -0.497 e. The molecule has 0 radical (unpaired) electrons. The van der Waals surface area contributed by atoms with Crippen molar-refractivity contribution in [3.8, 4) is 5.75 Å². The van der Waals surface area contributed by atoms with Crippen LogP contribution in [0.3, 0.4) is 0 Å². The normalized spacial score (nSPS) is 16.3. The van der Waals surface area contributed by atoms with Crippen LogP contribution < -0.4 is 10.1 Å². The smallest absolute Gasteiger partial charge is 0.411 e. The molecule has 0 spiro atoms. The number of anilines is 1. The highest BCUT2D eigenvalue weighted by molar-refractivity contribution is 7.99. The number of thioether (sulfide) groups is 1. The van der Waals surface area contributed by atoms with Gasteiger partial charge in [0.1, 0.15) is 18.4 Å². The summed E-state index contributed by atoms with van der Waals surface area (Å²) in [7, 11) is 1.55. The number of halogens is 3. The van der Waals surface area contributed by atoms with Crippen molar-refractivity contribution in [3.05, 3.63) is 59.7 Å². The number of nitrogens with one attached hydrogen (secondary N) is 1. The van der Waals surface area contributed by atoms with E-state index in [0.717, 1.165) is 0 Å². The first-order chi connectivity index (χ1) is 14.8. The number of amides is 2. The van der Waals surface area contributed by atoms with Crippen molar-refractivity contribution in [1.82, 2.24) is 4.90 Å². The van der Waals surface area contributed by atoms with Crippen LogP contribution in [0.4, 0.5) is 18.9 Å². The lowest BCUT2D eigenvalue weighted by molar-refractivity contribution is -0.176. The first-order valence-corrected chi connectivity index (χ1v) is 10.5. The molecule has 2 amide bonds. The third-order valence-electron chi connectivity index (χ3n) is 4.54. The number of alkyl halides is 3. The van der Waals surface area contributed by atoms with E-state index < -0.39 is 18.8 Å². The second-order valence-corrected chi connectivity index (χ2v) is 7.81. The second-order valence-electron chi connectivity index (χ2n) is 6.81. The third kappa shape index (κ3) is 6.38. The molecule has 31 heavy (non-hydrogen) atoms. The molecule has 2 aromatic carbocycles. The van der Waals surface area contributed by atoms with Gasteiger partial charge in [0.15, 0.2) is 0 Å². The SMILES string of the molecule is COc1ccc(NC(=O)C2CSCN2C(=O)c2ccc(COCC(F)(F)F)cc2)cc1. The molecular formula is C21H21F3N2O4S. The molecule has 1 unspecified atom stereocenters. The molecule has 0 bridgehead atoms. The predicted octanol–water partition coefficient (Wildman–Crippen LogP) is 3.93. The Morgan fingerprint density at radius 1 is 1.13 bits per heavy atom. The lowest BCUT2D eigenvalue weighted by atomic mass is 10.1. The van der Waals surface area contributed by atoms with Crippen molar-refractivity contribution in [1.29, 1.82) is 0 Å². The lowest BCUT2D eigenvalue weighted by Gasteiger charge is -2.23. The summed E-state index contributed by atoms with van der Waals surface area (Å²) in [5.41, 5.74) is 1.47. The van der Waals surface area contributed by atoms with Gasteiger partial charge >= 0.3 is 6.18 Å². The fourth-order valence-electron chi connectivity index (χ4n) is 2.95. The van der Waals surface area contributed by atoms with Crippen LogP contribution in [0.25, 0.3) is 0 Å². The van der Waals surface area contributed by atoms with Gasteiger partial charge in [-0.1, -0.05) is 12.1 Å². The van der Waals surface area contributed by atoms with E-state index in [0.29, 0.717) is 34.2 Å². The Kier molecular flexibility index (Phi) is 7.45. The molecule has 10 heteroatoms. The van der Waals surface area contributed by atoms with Gasteiger partial charge in [0, 0.05) is 17.0 Å². The molecule has 0 aliphatic carbocycles. The van der Waals surface area contributed by atoms with Crippen LogP contribution in [-0.4, -0.2) is 54.3 Å². The molecule has 1 aliphatic heterocycles. The minimum absolute atomic E-state index is 0.208. The van der Waals surface area contributed by atoms with Crippen molar-refractivity contribution in [2.75, 3.05) is 30.7 Å². The highest BCUT2D eigenvalue weighted by Gasteiger charge is 2.35. The van der Waals surface area contributed by atoms with E-state index in [-0.39, 0.29) is 18.4 Å². The number of benzene rings is 2. The lowest BCUT2D eigenvalue weighted by Crippen LogP contribution is -2.44. The second kappa shape index (κ2) is 10.1. The van der Waals surface area contributed by atoms with Crippen LogP contribution in [0.15, 0.2) is 48.5 Å².